The maximum absolute atomic E-state index is 10.8. The first-order valence-corrected chi connectivity index (χ1v) is 2.92. The van der Waals surface area contributed by atoms with Crippen LogP contribution in [0.4, 0.5) is 0 Å². The van der Waals surface area contributed by atoms with E-state index in [2.05, 4.69) is 15.4 Å². The van der Waals surface area contributed by atoms with Gasteiger partial charge >= 0.3 is 0 Å². The van der Waals surface area contributed by atoms with Crippen LogP contribution in [0.3, 0.4) is 0 Å². The molecule has 0 aromatic carbocycles. The van der Waals surface area contributed by atoms with Crippen LogP contribution >= 0.6 is 0 Å². The number of rotatable bonds is 2. The maximum Gasteiger partial charge on any atom is 0.295 e. The highest BCUT2D eigenvalue weighted by atomic mass is 16.2. The van der Waals surface area contributed by atoms with Gasteiger partial charge < -0.3 is 0 Å². The summed E-state index contributed by atoms with van der Waals surface area (Å²) in [7, 11) is 0. The molecule has 0 unspecified atom stereocenters. The average Bonchev–Trinajstić information content (AvgIpc) is 2.34. The molecule has 1 heterocycles. The first kappa shape index (κ1) is 6.73. The van der Waals surface area contributed by atoms with Crippen LogP contribution in [0.25, 0.3) is 0 Å². The Hall–Kier alpha value is -1.39. The summed E-state index contributed by atoms with van der Waals surface area (Å²) in [4.78, 5) is 21.4. The molecule has 0 amide bonds. The molecule has 10 heavy (non-hydrogen) atoms. The highest BCUT2D eigenvalue weighted by molar-refractivity contribution is 5.93. The number of Topliss-reactive ketones (excluding diaryl/α,β-unsaturated/α-hetero) is 1. The summed E-state index contributed by atoms with van der Waals surface area (Å²) in [6.07, 6.45) is 0.300. The first-order chi connectivity index (χ1) is 4.75. The summed E-state index contributed by atoms with van der Waals surface area (Å²) in [6.45, 7) is 1.68. The molecule has 0 radical (unpaired) electrons. The van der Waals surface area contributed by atoms with E-state index in [9.17, 15) is 9.59 Å². The van der Waals surface area contributed by atoms with Crippen molar-refractivity contribution >= 4 is 5.78 Å². The zero-order valence-corrected chi connectivity index (χ0v) is 5.47. The number of carbonyl (C=O) groups is 1. The molecule has 0 saturated carbocycles. The van der Waals surface area contributed by atoms with Gasteiger partial charge in [-0.1, -0.05) is 6.92 Å². The van der Waals surface area contributed by atoms with Crippen molar-refractivity contribution < 1.29 is 4.79 Å². The average molecular weight is 141 g/mol. The molecule has 0 aliphatic heterocycles. The molecule has 0 spiro atoms. The summed E-state index contributed by atoms with van der Waals surface area (Å²) in [6, 6.07) is 0. The van der Waals surface area contributed by atoms with Crippen LogP contribution in [0.5, 0.6) is 0 Å². The van der Waals surface area contributed by atoms with Crippen LogP contribution in [0.1, 0.15) is 23.8 Å². The molecule has 1 aromatic rings. The van der Waals surface area contributed by atoms with E-state index in [4.69, 9.17) is 0 Å². The van der Waals surface area contributed by atoms with E-state index in [1.165, 1.54) is 0 Å². The first-order valence-electron chi connectivity index (χ1n) is 2.92. The van der Waals surface area contributed by atoms with E-state index in [0.29, 0.717) is 6.42 Å². The van der Waals surface area contributed by atoms with Gasteiger partial charge in [-0.05, 0) is 0 Å². The third-order valence-corrected chi connectivity index (χ3v) is 1.14. The van der Waals surface area contributed by atoms with Gasteiger partial charge in [0, 0.05) is 6.42 Å². The van der Waals surface area contributed by atoms with Gasteiger partial charge in [0.2, 0.25) is 0 Å². The maximum atomic E-state index is 10.8. The number of nitrogens with zero attached hydrogens (tertiary/aromatic N) is 1. The Morgan fingerprint density at radius 1 is 1.70 bits per heavy atom. The van der Waals surface area contributed by atoms with Crippen molar-refractivity contribution in [3.05, 3.63) is 16.0 Å². The molecule has 1 rings (SSSR count). The summed E-state index contributed by atoms with van der Waals surface area (Å²) < 4.78 is 0. The lowest BCUT2D eigenvalue weighted by Crippen LogP contribution is -2.12. The number of aromatic amines is 2. The van der Waals surface area contributed by atoms with Gasteiger partial charge in [-0.3, -0.25) is 9.59 Å². The lowest BCUT2D eigenvalue weighted by molar-refractivity contribution is 0.0982. The third-order valence-electron chi connectivity index (χ3n) is 1.14. The van der Waals surface area contributed by atoms with Crippen LogP contribution < -0.4 is 5.56 Å². The Morgan fingerprint density at radius 3 is 2.80 bits per heavy atom. The number of hydrogen-bond donors (Lipinski definition) is 2. The highest BCUT2D eigenvalue weighted by Gasteiger charge is 2.09. The summed E-state index contributed by atoms with van der Waals surface area (Å²) in [5.41, 5.74) is -0.491. The fraction of sp³-hybridized carbons (Fsp3) is 0.400. The molecule has 1 aromatic heterocycles. The Labute approximate surface area is 56.4 Å². The lowest BCUT2D eigenvalue weighted by Gasteiger charge is -1.83. The van der Waals surface area contributed by atoms with E-state index >= 15 is 0 Å². The van der Waals surface area contributed by atoms with Crippen molar-refractivity contribution in [2.75, 3.05) is 0 Å². The van der Waals surface area contributed by atoms with Crippen molar-refractivity contribution in [1.82, 2.24) is 15.4 Å². The predicted octanol–water partition coefficient (Wildman–Crippen LogP) is -0.309. The van der Waals surface area contributed by atoms with Gasteiger partial charge in [0.25, 0.3) is 5.56 Å². The second-order valence-corrected chi connectivity index (χ2v) is 1.80. The van der Waals surface area contributed by atoms with Gasteiger partial charge in [0.15, 0.2) is 11.5 Å². The number of nitrogens with one attached hydrogen (secondary N) is 2. The van der Waals surface area contributed by atoms with E-state index in [1.54, 1.807) is 6.92 Å². The molecule has 5 nitrogen and oxygen atoms in total. The van der Waals surface area contributed by atoms with Crippen molar-refractivity contribution in [2.24, 2.45) is 0 Å². The second kappa shape index (κ2) is 2.47. The molecule has 0 bridgehead atoms. The van der Waals surface area contributed by atoms with Crippen molar-refractivity contribution in [3.8, 4) is 0 Å². The van der Waals surface area contributed by atoms with E-state index in [1.807, 2.05) is 0 Å². The number of carbonyl (C=O) groups excluding carboxylic acids is 1. The molecule has 5 heteroatoms. The van der Waals surface area contributed by atoms with Crippen LogP contribution in [-0.4, -0.2) is 21.2 Å². The van der Waals surface area contributed by atoms with Gasteiger partial charge in [-0.15, -0.1) is 0 Å². The molecule has 0 atom stereocenters. The summed E-state index contributed by atoms with van der Waals surface area (Å²) in [5.74, 6) is -0.248. The van der Waals surface area contributed by atoms with Gasteiger partial charge in [0.05, 0.1) is 0 Å². The highest BCUT2D eigenvalue weighted by Crippen LogP contribution is 1.88. The second-order valence-electron chi connectivity index (χ2n) is 1.80. The van der Waals surface area contributed by atoms with Crippen LogP contribution in [0.2, 0.25) is 0 Å². The fourth-order valence-electron chi connectivity index (χ4n) is 0.601. The predicted molar refractivity (Wildman–Crippen MR) is 33.8 cm³/mol. The van der Waals surface area contributed by atoms with Gasteiger partial charge in [0.1, 0.15) is 0 Å². The summed E-state index contributed by atoms with van der Waals surface area (Å²) in [5, 5.41) is 7.82. The van der Waals surface area contributed by atoms with Crippen LogP contribution in [0, 0.1) is 0 Å². The molecule has 0 saturated heterocycles. The molecule has 54 valence electrons. The molecule has 2 N–H and O–H groups in total. The molecule has 0 fully saturated rings. The smallest absolute Gasteiger partial charge is 0.292 e. The molecular weight excluding hydrogens is 134 g/mol. The SMILES string of the molecule is CCC(=O)c1n[nH][nH]c1=O. The zero-order valence-electron chi connectivity index (χ0n) is 5.47. The third kappa shape index (κ3) is 0.975. The minimum atomic E-state index is -0.452. The van der Waals surface area contributed by atoms with Gasteiger partial charge in [-0.25, -0.2) is 10.3 Å². The Kier molecular flexibility index (Phi) is 1.66. The Balaban J connectivity index is 3.05. The van der Waals surface area contributed by atoms with Crippen molar-refractivity contribution in [2.45, 2.75) is 13.3 Å². The minimum absolute atomic E-state index is 0.0394. The quantitative estimate of drug-likeness (QED) is 0.554. The molecule has 0 aliphatic carbocycles. The van der Waals surface area contributed by atoms with Crippen molar-refractivity contribution in [3.63, 3.8) is 0 Å². The fourth-order valence-corrected chi connectivity index (χ4v) is 0.601. The Bertz CT molecular complexity index is 285. The number of ketones is 1. The Morgan fingerprint density at radius 2 is 2.40 bits per heavy atom. The lowest BCUT2D eigenvalue weighted by atomic mass is 10.2. The van der Waals surface area contributed by atoms with E-state index < -0.39 is 5.56 Å². The number of hydrogen-bond acceptors (Lipinski definition) is 3. The monoisotopic (exact) mass is 141 g/mol. The zero-order chi connectivity index (χ0) is 7.56. The van der Waals surface area contributed by atoms with Crippen LogP contribution in [-0.2, 0) is 0 Å². The van der Waals surface area contributed by atoms with E-state index in [-0.39, 0.29) is 11.5 Å². The van der Waals surface area contributed by atoms with Crippen molar-refractivity contribution in [1.29, 1.82) is 0 Å². The standard InChI is InChI=1S/C5H7N3O2/c1-2-3(9)4-5(10)7-8-6-4/h2H2,1H3,(H2,6,7,8,10). The normalized spacial score (nSPS) is 9.70. The molecule has 0 aliphatic rings. The number of H-pyrrole nitrogens is 2. The number of aromatic nitrogens is 3. The largest absolute Gasteiger partial charge is 0.295 e. The van der Waals surface area contributed by atoms with Crippen LogP contribution in [0.15, 0.2) is 4.79 Å². The van der Waals surface area contributed by atoms with E-state index in [0.717, 1.165) is 0 Å². The molecular formula is C5H7N3O2. The van der Waals surface area contributed by atoms with Gasteiger partial charge in [-0.2, -0.15) is 5.10 Å². The summed E-state index contributed by atoms with van der Waals surface area (Å²) >= 11 is 0. The topological polar surface area (TPSA) is 78.6 Å². The minimum Gasteiger partial charge on any atom is -0.292 e.